The average Bonchev–Trinajstić information content (AvgIpc) is 2.45. The lowest BCUT2D eigenvalue weighted by atomic mass is 10.3. The number of nitrogens with one attached hydrogen (secondary N) is 2. The molecule has 0 atom stereocenters. The number of carbonyl (C=O) groups is 1. The van der Waals surface area contributed by atoms with Crippen LogP contribution in [0, 0.1) is 6.92 Å². The van der Waals surface area contributed by atoms with E-state index in [0.29, 0.717) is 25.2 Å². The number of amides is 1. The van der Waals surface area contributed by atoms with Gasteiger partial charge in [-0.05, 0) is 13.8 Å². The second-order valence-electron chi connectivity index (χ2n) is 3.60. The molecule has 90 valence electrons. The van der Waals surface area contributed by atoms with Crippen LogP contribution in [0.1, 0.15) is 19.0 Å². The quantitative estimate of drug-likeness (QED) is 0.670. The Morgan fingerprint density at radius 3 is 2.75 bits per heavy atom. The van der Waals surface area contributed by atoms with Crippen LogP contribution in [0.25, 0.3) is 0 Å². The van der Waals surface area contributed by atoms with Crippen LogP contribution in [0.3, 0.4) is 0 Å². The molecule has 0 fully saturated rings. The minimum Gasteiger partial charge on any atom is -0.394 e. The zero-order chi connectivity index (χ0) is 12.1. The highest BCUT2D eigenvalue weighted by atomic mass is 16.1. The number of rotatable bonds is 5. The molecular weight excluding hydrogens is 206 g/mol. The summed E-state index contributed by atoms with van der Waals surface area (Å²) < 4.78 is 1.68. The lowest BCUT2D eigenvalue weighted by molar-refractivity contribution is -0.120. The van der Waals surface area contributed by atoms with Gasteiger partial charge in [-0.1, -0.05) is 0 Å². The van der Waals surface area contributed by atoms with E-state index >= 15 is 0 Å². The highest BCUT2D eigenvalue weighted by Crippen LogP contribution is 2.20. The van der Waals surface area contributed by atoms with Gasteiger partial charge in [0.15, 0.2) is 0 Å². The van der Waals surface area contributed by atoms with Gasteiger partial charge in [-0.3, -0.25) is 9.48 Å². The van der Waals surface area contributed by atoms with Gasteiger partial charge in [-0.25, -0.2) is 0 Å². The van der Waals surface area contributed by atoms with E-state index in [9.17, 15) is 4.79 Å². The highest BCUT2D eigenvalue weighted by Gasteiger charge is 2.09. The normalized spacial score (nSPS) is 10.2. The molecule has 1 amide bonds. The molecule has 1 heterocycles. The van der Waals surface area contributed by atoms with Crippen LogP contribution < -0.4 is 16.4 Å². The molecule has 0 aliphatic heterocycles. The van der Waals surface area contributed by atoms with E-state index in [4.69, 9.17) is 5.73 Å². The lowest BCUT2D eigenvalue weighted by Crippen LogP contribution is -2.25. The number of hydrogen-bond acceptors (Lipinski definition) is 4. The fourth-order valence-electron chi connectivity index (χ4n) is 1.46. The summed E-state index contributed by atoms with van der Waals surface area (Å²) in [6, 6.07) is 0. The van der Waals surface area contributed by atoms with Crippen LogP contribution in [-0.4, -0.2) is 28.8 Å². The molecule has 6 nitrogen and oxygen atoms in total. The minimum atomic E-state index is 0.0347. The van der Waals surface area contributed by atoms with Gasteiger partial charge in [0.25, 0.3) is 0 Å². The molecule has 6 heteroatoms. The summed E-state index contributed by atoms with van der Waals surface area (Å²) >= 11 is 0. The van der Waals surface area contributed by atoms with Crippen molar-refractivity contribution in [2.24, 2.45) is 7.05 Å². The summed E-state index contributed by atoms with van der Waals surface area (Å²) in [7, 11) is 1.82. The van der Waals surface area contributed by atoms with Crippen LogP contribution in [-0.2, 0) is 11.8 Å². The number of anilines is 2. The molecule has 0 aromatic carbocycles. The molecule has 1 rings (SSSR count). The number of aryl methyl sites for hydroxylation is 2. The van der Waals surface area contributed by atoms with Crippen LogP contribution in [0.5, 0.6) is 0 Å². The van der Waals surface area contributed by atoms with Gasteiger partial charge in [0, 0.05) is 26.6 Å². The predicted molar refractivity (Wildman–Crippen MR) is 64.1 cm³/mol. The average molecular weight is 225 g/mol. The van der Waals surface area contributed by atoms with Gasteiger partial charge in [0.05, 0.1) is 11.4 Å². The first-order chi connectivity index (χ1) is 7.56. The third-order valence-electron chi connectivity index (χ3n) is 2.29. The molecule has 4 N–H and O–H groups in total. The SMILES string of the molecule is CCNC(=O)CCNc1c(N)c(C)nn1C. The van der Waals surface area contributed by atoms with Gasteiger partial charge in [-0.15, -0.1) is 0 Å². The molecule has 0 aliphatic carbocycles. The standard InChI is InChI=1S/C10H19N5O/c1-4-12-8(16)5-6-13-10-9(11)7(2)14-15(10)3/h13H,4-6,11H2,1-3H3,(H,12,16). The number of carbonyl (C=O) groups excluding carboxylic acids is 1. The maximum Gasteiger partial charge on any atom is 0.221 e. The van der Waals surface area contributed by atoms with E-state index in [1.807, 2.05) is 20.9 Å². The number of nitrogens with two attached hydrogens (primary N) is 1. The van der Waals surface area contributed by atoms with Crippen molar-refractivity contribution in [2.75, 3.05) is 24.1 Å². The van der Waals surface area contributed by atoms with Crippen molar-refractivity contribution < 1.29 is 4.79 Å². The monoisotopic (exact) mass is 225 g/mol. The van der Waals surface area contributed by atoms with Crippen LogP contribution >= 0.6 is 0 Å². The highest BCUT2D eigenvalue weighted by molar-refractivity contribution is 5.76. The molecule has 0 unspecified atom stereocenters. The van der Waals surface area contributed by atoms with Crippen LogP contribution in [0.2, 0.25) is 0 Å². The summed E-state index contributed by atoms with van der Waals surface area (Å²) in [5.41, 5.74) is 7.26. The maximum absolute atomic E-state index is 11.2. The molecule has 0 bridgehead atoms. The first-order valence-corrected chi connectivity index (χ1v) is 5.35. The Hall–Kier alpha value is -1.72. The third-order valence-corrected chi connectivity index (χ3v) is 2.29. The van der Waals surface area contributed by atoms with Crippen molar-refractivity contribution in [3.05, 3.63) is 5.69 Å². The van der Waals surface area contributed by atoms with E-state index in [-0.39, 0.29) is 5.91 Å². The number of nitrogen functional groups attached to an aromatic ring is 1. The van der Waals surface area contributed by atoms with Gasteiger partial charge in [0.2, 0.25) is 5.91 Å². The van der Waals surface area contributed by atoms with E-state index < -0.39 is 0 Å². The van der Waals surface area contributed by atoms with Crippen molar-refractivity contribution in [1.82, 2.24) is 15.1 Å². The molecule has 0 aliphatic rings. The molecule has 0 saturated carbocycles. The summed E-state index contributed by atoms with van der Waals surface area (Å²) in [4.78, 5) is 11.2. The van der Waals surface area contributed by atoms with Gasteiger partial charge in [0.1, 0.15) is 5.82 Å². The molecule has 0 spiro atoms. The summed E-state index contributed by atoms with van der Waals surface area (Å²) in [5.74, 6) is 0.800. The van der Waals surface area contributed by atoms with E-state index in [1.165, 1.54) is 0 Å². The van der Waals surface area contributed by atoms with E-state index in [1.54, 1.807) is 4.68 Å². The van der Waals surface area contributed by atoms with Crippen molar-refractivity contribution >= 4 is 17.4 Å². The minimum absolute atomic E-state index is 0.0347. The predicted octanol–water partition coefficient (Wildman–Crippen LogP) is 0.249. The molecule has 16 heavy (non-hydrogen) atoms. The Bertz CT molecular complexity index is 372. The Labute approximate surface area is 95.2 Å². The Balaban J connectivity index is 2.46. The van der Waals surface area contributed by atoms with E-state index in [0.717, 1.165) is 11.5 Å². The molecule has 1 aromatic heterocycles. The maximum atomic E-state index is 11.2. The second-order valence-corrected chi connectivity index (χ2v) is 3.60. The van der Waals surface area contributed by atoms with Gasteiger partial charge < -0.3 is 16.4 Å². The number of hydrogen-bond donors (Lipinski definition) is 3. The van der Waals surface area contributed by atoms with Crippen molar-refractivity contribution in [3.8, 4) is 0 Å². The third kappa shape index (κ3) is 2.88. The summed E-state index contributed by atoms with van der Waals surface area (Å²) in [6.45, 7) is 4.96. The molecule has 1 aromatic rings. The molecule has 0 radical (unpaired) electrons. The second kappa shape index (κ2) is 5.39. The Morgan fingerprint density at radius 2 is 2.25 bits per heavy atom. The van der Waals surface area contributed by atoms with Crippen molar-refractivity contribution in [2.45, 2.75) is 20.3 Å². The number of aromatic nitrogens is 2. The van der Waals surface area contributed by atoms with Crippen molar-refractivity contribution in [3.63, 3.8) is 0 Å². The zero-order valence-corrected chi connectivity index (χ0v) is 10.0. The Kier molecular flexibility index (Phi) is 4.16. The molecular formula is C10H19N5O. The fraction of sp³-hybridized carbons (Fsp3) is 0.600. The van der Waals surface area contributed by atoms with Gasteiger partial charge >= 0.3 is 0 Å². The van der Waals surface area contributed by atoms with Gasteiger partial charge in [-0.2, -0.15) is 5.10 Å². The van der Waals surface area contributed by atoms with E-state index in [2.05, 4.69) is 15.7 Å². The number of nitrogens with zero attached hydrogens (tertiary/aromatic N) is 2. The molecule has 0 saturated heterocycles. The fourth-order valence-corrected chi connectivity index (χ4v) is 1.46. The summed E-state index contributed by atoms with van der Waals surface area (Å²) in [5, 5.41) is 10.0. The lowest BCUT2D eigenvalue weighted by Gasteiger charge is -2.07. The summed E-state index contributed by atoms with van der Waals surface area (Å²) in [6.07, 6.45) is 0.428. The first-order valence-electron chi connectivity index (χ1n) is 5.35. The smallest absolute Gasteiger partial charge is 0.221 e. The zero-order valence-electron chi connectivity index (χ0n) is 10.0. The largest absolute Gasteiger partial charge is 0.394 e. The topological polar surface area (TPSA) is 85.0 Å². The van der Waals surface area contributed by atoms with Crippen LogP contribution in [0.4, 0.5) is 11.5 Å². The Morgan fingerprint density at radius 1 is 1.56 bits per heavy atom. The van der Waals surface area contributed by atoms with Crippen LogP contribution in [0.15, 0.2) is 0 Å². The first kappa shape index (κ1) is 12.4. The van der Waals surface area contributed by atoms with Crippen molar-refractivity contribution in [1.29, 1.82) is 0 Å².